The van der Waals surface area contributed by atoms with E-state index in [9.17, 15) is 9.59 Å². The van der Waals surface area contributed by atoms with E-state index in [-0.39, 0.29) is 23.2 Å². The number of amides is 1. The van der Waals surface area contributed by atoms with E-state index in [1.54, 1.807) is 12.4 Å². The molecule has 0 aliphatic heterocycles. The number of rotatable bonds is 9. The molecule has 1 amide bonds. The number of ether oxygens (including phenoxy) is 2. The highest BCUT2D eigenvalue weighted by atomic mass is 16.5. The number of carbonyl (C=O) groups is 2. The Hall–Kier alpha value is -3.67. The number of benzene rings is 2. The van der Waals surface area contributed by atoms with Gasteiger partial charge in [-0.25, -0.2) is 0 Å². The first-order valence-electron chi connectivity index (χ1n) is 13.7. The molecule has 3 aromatic rings. The Morgan fingerprint density at radius 3 is 2.61 bits per heavy atom. The molecule has 0 radical (unpaired) electrons. The van der Waals surface area contributed by atoms with Crippen molar-refractivity contribution in [3.8, 4) is 16.9 Å². The first-order valence-corrected chi connectivity index (χ1v) is 13.7. The lowest BCUT2D eigenvalue weighted by Gasteiger charge is -2.37. The Morgan fingerprint density at radius 2 is 1.82 bits per heavy atom. The molecule has 5 rings (SSSR count). The van der Waals surface area contributed by atoms with Crippen molar-refractivity contribution < 1.29 is 19.1 Å². The monoisotopic (exact) mass is 512 g/mol. The highest BCUT2D eigenvalue weighted by molar-refractivity contribution is 5.79. The minimum atomic E-state index is -0.0688. The SMILES string of the molecule is COC(=O)C1CCC2(CCc3ccc(OCCCNC(=O)Cc4cccc(-c5ccncc5)c4)cc32)CC1. The Balaban J connectivity index is 1.07. The first-order chi connectivity index (χ1) is 18.6. The number of esters is 1. The van der Waals surface area contributed by atoms with Gasteiger partial charge in [0.2, 0.25) is 5.91 Å². The van der Waals surface area contributed by atoms with Crippen LogP contribution < -0.4 is 10.1 Å². The maximum absolute atomic E-state index is 12.5. The summed E-state index contributed by atoms with van der Waals surface area (Å²) < 4.78 is 11.0. The normalized spacial score (nSPS) is 20.1. The van der Waals surface area contributed by atoms with Gasteiger partial charge < -0.3 is 14.8 Å². The molecule has 0 atom stereocenters. The summed E-state index contributed by atoms with van der Waals surface area (Å²) in [5.41, 5.74) is 6.14. The first kappa shape index (κ1) is 26.0. The van der Waals surface area contributed by atoms with Crippen molar-refractivity contribution in [1.82, 2.24) is 10.3 Å². The standard InChI is InChI=1S/C32H36N2O4/c1-37-31(36)26-9-14-32(15-10-26)13-8-25-6-7-28(22-29(25)32)38-19-3-16-34-30(35)21-23-4-2-5-27(20-23)24-11-17-33-18-12-24/h2,4-7,11-12,17-18,20,22,26H,3,8-10,13-16,19,21H2,1H3,(H,34,35). The van der Waals surface area contributed by atoms with E-state index in [0.717, 1.165) is 67.4 Å². The Morgan fingerprint density at radius 1 is 1.00 bits per heavy atom. The number of methoxy groups -OCH3 is 1. The molecule has 1 spiro atoms. The van der Waals surface area contributed by atoms with Crippen LogP contribution in [0.1, 0.15) is 55.2 Å². The average Bonchev–Trinajstić information content (AvgIpc) is 3.30. The summed E-state index contributed by atoms with van der Waals surface area (Å²) in [6.45, 7) is 1.13. The minimum absolute atomic E-state index is 0.0129. The molecule has 0 bridgehead atoms. The van der Waals surface area contributed by atoms with Crippen LogP contribution in [0.5, 0.6) is 5.75 Å². The summed E-state index contributed by atoms with van der Waals surface area (Å²) in [7, 11) is 1.48. The number of pyridine rings is 1. The predicted octanol–water partition coefficient (Wildman–Crippen LogP) is 5.42. The molecule has 1 heterocycles. The molecule has 2 aliphatic carbocycles. The smallest absolute Gasteiger partial charge is 0.308 e. The van der Waals surface area contributed by atoms with Gasteiger partial charge in [0.15, 0.2) is 0 Å². The van der Waals surface area contributed by atoms with Crippen molar-refractivity contribution in [3.63, 3.8) is 0 Å². The molecule has 1 saturated carbocycles. The third-order valence-corrected chi connectivity index (χ3v) is 8.22. The van der Waals surface area contributed by atoms with Crippen LogP contribution in [0, 0.1) is 5.92 Å². The fraction of sp³-hybridized carbons (Fsp3) is 0.406. The zero-order valence-electron chi connectivity index (χ0n) is 22.1. The Bertz CT molecular complexity index is 1270. The van der Waals surface area contributed by atoms with Crippen molar-refractivity contribution in [1.29, 1.82) is 0 Å². The molecule has 2 aromatic carbocycles. The third-order valence-electron chi connectivity index (χ3n) is 8.22. The molecular weight excluding hydrogens is 476 g/mol. The second-order valence-corrected chi connectivity index (χ2v) is 10.6. The van der Waals surface area contributed by atoms with Crippen LogP contribution in [0.2, 0.25) is 0 Å². The van der Waals surface area contributed by atoms with Gasteiger partial charge in [-0.1, -0.05) is 30.3 Å². The average molecular weight is 513 g/mol. The van der Waals surface area contributed by atoms with Gasteiger partial charge in [0.25, 0.3) is 0 Å². The van der Waals surface area contributed by atoms with Crippen LogP contribution in [0.4, 0.5) is 0 Å². The highest BCUT2D eigenvalue weighted by Crippen LogP contribution is 2.50. The van der Waals surface area contributed by atoms with Crippen LogP contribution in [0.3, 0.4) is 0 Å². The number of nitrogens with one attached hydrogen (secondary N) is 1. The van der Waals surface area contributed by atoms with Crippen molar-refractivity contribution in [2.45, 2.75) is 56.8 Å². The summed E-state index contributed by atoms with van der Waals surface area (Å²) in [5, 5.41) is 3.02. The van der Waals surface area contributed by atoms with Crippen LogP contribution in [0.15, 0.2) is 67.0 Å². The molecule has 0 saturated heterocycles. The van der Waals surface area contributed by atoms with Gasteiger partial charge in [0.05, 0.1) is 26.1 Å². The number of aromatic nitrogens is 1. The fourth-order valence-corrected chi connectivity index (χ4v) is 6.10. The van der Waals surface area contributed by atoms with E-state index in [4.69, 9.17) is 9.47 Å². The molecule has 0 unspecified atom stereocenters. The molecule has 1 N–H and O–H groups in total. The molecule has 6 nitrogen and oxygen atoms in total. The Labute approximate surface area is 224 Å². The van der Waals surface area contributed by atoms with Crippen molar-refractivity contribution in [3.05, 3.63) is 83.7 Å². The number of carbonyl (C=O) groups excluding carboxylic acids is 2. The molecule has 1 fully saturated rings. The number of aryl methyl sites for hydroxylation is 1. The van der Waals surface area contributed by atoms with Gasteiger partial charge in [-0.2, -0.15) is 0 Å². The number of hydrogen-bond acceptors (Lipinski definition) is 5. The summed E-state index contributed by atoms with van der Waals surface area (Å²) >= 11 is 0. The van der Waals surface area contributed by atoms with Crippen LogP contribution >= 0.6 is 0 Å². The molecular formula is C32H36N2O4. The van der Waals surface area contributed by atoms with E-state index in [1.165, 1.54) is 18.2 Å². The molecule has 2 aliphatic rings. The summed E-state index contributed by atoms with van der Waals surface area (Å²) in [5.74, 6) is 0.869. The van der Waals surface area contributed by atoms with Crippen molar-refractivity contribution in [2.75, 3.05) is 20.3 Å². The molecule has 198 valence electrons. The lowest BCUT2D eigenvalue weighted by Crippen LogP contribution is -2.32. The third kappa shape index (κ3) is 5.90. The van der Waals surface area contributed by atoms with Gasteiger partial charge >= 0.3 is 5.97 Å². The largest absolute Gasteiger partial charge is 0.494 e. The van der Waals surface area contributed by atoms with Gasteiger partial charge in [0.1, 0.15) is 5.75 Å². The number of fused-ring (bicyclic) bond motifs is 2. The number of hydrogen-bond donors (Lipinski definition) is 1. The quantitative estimate of drug-likeness (QED) is 0.306. The van der Waals surface area contributed by atoms with Gasteiger partial charge in [-0.15, -0.1) is 0 Å². The topological polar surface area (TPSA) is 77.5 Å². The summed E-state index contributed by atoms with van der Waals surface area (Å²) in [4.78, 5) is 28.5. The lowest BCUT2D eigenvalue weighted by molar-refractivity contribution is -0.147. The summed E-state index contributed by atoms with van der Waals surface area (Å²) in [6, 6.07) is 18.5. The predicted molar refractivity (Wildman–Crippen MR) is 147 cm³/mol. The van der Waals surface area contributed by atoms with Crippen LogP contribution in [0.25, 0.3) is 11.1 Å². The van der Waals surface area contributed by atoms with E-state index >= 15 is 0 Å². The zero-order chi connectivity index (χ0) is 26.4. The van der Waals surface area contributed by atoms with E-state index < -0.39 is 0 Å². The summed E-state index contributed by atoms with van der Waals surface area (Å²) in [6.07, 6.45) is 10.7. The lowest BCUT2D eigenvalue weighted by atomic mass is 9.67. The van der Waals surface area contributed by atoms with Crippen LogP contribution in [-0.4, -0.2) is 37.1 Å². The van der Waals surface area contributed by atoms with E-state index in [0.29, 0.717) is 19.6 Å². The second kappa shape index (κ2) is 11.8. The van der Waals surface area contributed by atoms with Crippen molar-refractivity contribution >= 4 is 11.9 Å². The molecule has 38 heavy (non-hydrogen) atoms. The number of nitrogens with zero attached hydrogens (tertiary/aromatic N) is 1. The maximum atomic E-state index is 12.5. The minimum Gasteiger partial charge on any atom is -0.494 e. The van der Waals surface area contributed by atoms with Gasteiger partial charge in [0, 0.05) is 18.9 Å². The van der Waals surface area contributed by atoms with E-state index in [2.05, 4.69) is 34.6 Å². The fourth-order valence-electron chi connectivity index (χ4n) is 6.10. The Kier molecular flexibility index (Phi) is 8.06. The van der Waals surface area contributed by atoms with E-state index in [1.807, 2.05) is 30.3 Å². The second-order valence-electron chi connectivity index (χ2n) is 10.6. The highest BCUT2D eigenvalue weighted by Gasteiger charge is 2.43. The molecule has 6 heteroatoms. The van der Waals surface area contributed by atoms with Crippen LogP contribution in [-0.2, 0) is 32.6 Å². The van der Waals surface area contributed by atoms with Gasteiger partial charge in [-0.3, -0.25) is 14.6 Å². The maximum Gasteiger partial charge on any atom is 0.308 e. The van der Waals surface area contributed by atoms with Crippen molar-refractivity contribution in [2.24, 2.45) is 5.92 Å². The zero-order valence-corrected chi connectivity index (χ0v) is 22.1. The van der Waals surface area contributed by atoms with Gasteiger partial charge in [-0.05, 0) is 102 Å². The molecule has 1 aromatic heterocycles.